The van der Waals surface area contributed by atoms with Gasteiger partial charge in [0, 0.05) is 23.1 Å². The molecule has 3 aromatic carbocycles. The van der Waals surface area contributed by atoms with Gasteiger partial charge in [-0.05, 0) is 36.4 Å². The molecule has 0 saturated carbocycles. The van der Waals surface area contributed by atoms with Crippen LogP contribution in [-0.2, 0) is 0 Å². The van der Waals surface area contributed by atoms with E-state index in [-0.39, 0.29) is 11.9 Å². The number of para-hydroxylation sites is 1. The molecule has 3 aromatic rings. The number of ether oxygens (including phenoxy) is 3. The van der Waals surface area contributed by atoms with E-state index < -0.39 is 6.23 Å². The fourth-order valence-electron chi connectivity index (χ4n) is 4.31. The second kappa shape index (κ2) is 6.76. The summed E-state index contributed by atoms with van der Waals surface area (Å²) >= 11 is 0. The van der Waals surface area contributed by atoms with Crippen LogP contribution in [0.3, 0.4) is 0 Å². The summed E-state index contributed by atoms with van der Waals surface area (Å²) in [4.78, 5) is 0. The first-order valence-corrected chi connectivity index (χ1v) is 10.0. The highest BCUT2D eigenvalue weighted by Gasteiger charge is 2.41. The molecule has 0 bridgehead atoms. The van der Waals surface area contributed by atoms with Gasteiger partial charge >= 0.3 is 0 Å². The van der Waals surface area contributed by atoms with Crippen LogP contribution >= 0.6 is 0 Å². The lowest BCUT2D eigenvalue weighted by molar-refractivity contribution is -0.0192. The van der Waals surface area contributed by atoms with Crippen LogP contribution in [0, 0.1) is 5.82 Å². The minimum absolute atomic E-state index is 0.0198. The van der Waals surface area contributed by atoms with Crippen molar-refractivity contribution in [2.24, 2.45) is 5.10 Å². The number of rotatable bonds is 2. The Hall–Kier alpha value is -3.54. The summed E-state index contributed by atoms with van der Waals surface area (Å²) in [5.74, 6) is 2.02. The first kappa shape index (κ1) is 17.3. The molecule has 0 unspecified atom stereocenters. The van der Waals surface area contributed by atoms with Gasteiger partial charge in [0.15, 0.2) is 11.5 Å². The molecule has 0 amide bonds. The van der Waals surface area contributed by atoms with Crippen molar-refractivity contribution in [1.82, 2.24) is 5.01 Å². The number of fused-ring (bicyclic) bond motifs is 4. The monoisotopic (exact) mass is 402 g/mol. The van der Waals surface area contributed by atoms with E-state index in [1.54, 1.807) is 6.07 Å². The molecule has 3 heterocycles. The van der Waals surface area contributed by atoms with Crippen molar-refractivity contribution in [3.8, 4) is 17.2 Å². The number of hydrogen-bond donors (Lipinski definition) is 0. The van der Waals surface area contributed by atoms with Crippen molar-refractivity contribution in [3.05, 3.63) is 89.2 Å². The van der Waals surface area contributed by atoms with Crippen molar-refractivity contribution in [2.45, 2.75) is 18.7 Å². The van der Waals surface area contributed by atoms with Gasteiger partial charge in [0.25, 0.3) is 0 Å². The highest BCUT2D eigenvalue weighted by Crippen LogP contribution is 2.47. The topological polar surface area (TPSA) is 43.3 Å². The molecular weight excluding hydrogens is 383 g/mol. The Labute approximate surface area is 173 Å². The van der Waals surface area contributed by atoms with Gasteiger partial charge in [-0.25, -0.2) is 9.40 Å². The van der Waals surface area contributed by atoms with Crippen molar-refractivity contribution in [3.63, 3.8) is 0 Å². The largest absolute Gasteiger partial charge is 0.486 e. The molecule has 3 aliphatic rings. The molecule has 3 aliphatic heterocycles. The Morgan fingerprint density at radius 1 is 0.867 bits per heavy atom. The van der Waals surface area contributed by atoms with Crippen molar-refractivity contribution < 1.29 is 18.6 Å². The van der Waals surface area contributed by atoms with E-state index in [0.717, 1.165) is 46.1 Å². The smallest absolute Gasteiger partial charge is 0.213 e. The van der Waals surface area contributed by atoms with E-state index in [2.05, 4.69) is 6.07 Å². The summed E-state index contributed by atoms with van der Waals surface area (Å²) in [5.41, 5.74) is 3.76. The predicted octanol–water partition coefficient (Wildman–Crippen LogP) is 4.84. The zero-order valence-electron chi connectivity index (χ0n) is 16.1. The number of nitrogens with zero attached hydrogens (tertiary/aromatic N) is 2. The second-order valence-corrected chi connectivity index (χ2v) is 7.57. The second-order valence-electron chi connectivity index (χ2n) is 7.57. The van der Waals surface area contributed by atoms with Gasteiger partial charge in [0.05, 0.1) is 11.8 Å². The maximum atomic E-state index is 13.9. The highest BCUT2D eigenvalue weighted by molar-refractivity contribution is 6.02. The molecule has 0 aliphatic carbocycles. The SMILES string of the molecule is Fc1cccc([C@@H]2Oc3ccccc3[C@H]3CC(c4ccc5c(c4)OCCO5)=NN32)c1. The molecule has 5 nitrogen and oxygen atoms in total. The summed E-state index contributed by atoms with van der Waals surface area (Å²) in [6.07, 6.45) is 0.238. The standard InChI is InChI=1S/C24H19FN2O3/c25-17-5-3-4-16(12-17)24-27-20(18-6-1-2-7-21(18)30-24)14-19(26-27)15-8-9-22-23(13-15)29-11-10-28-22/h1-9,12-13,20,24H,10-11,14H2/t20-,24+/m1/s1. The summed E-state index contributed by atoms with van der Waals surface area (Å²) in [6.45, 7) is 1.10. The third kappa shape index (κ3) is 2.79. The molecule has 30 heavy (non-hydrogen) atoms. The minimum Gasteiger partial charge on any atom is -0.486 e. The Bertz CT molecular complexity index is 1160. The molecule has 0 fully saturated rings. The van der Waals surface area contributed by atoms with E-state index in [9.17, 15) is 4.39 Å². The first-order chi connectivity index (χ1) is 14.8. The molecule has 0 aromatic heterocycles. The van der Waals surface area contributed by atoms with E-state index >= 15 is 0 Å². The van der Waals surface area contributed by atoms with Gasteiger partial charge < -0.3 is 14.2 Å². The van der Waals surface area contributed by atoms with Gasteiger partial charge in [0.1, 0.15) is 24.8 Å². The molecule has 0 radical (unpaired) electrons. The van der Waals surface area contributed by atoms with Crippen LogP contribution in [-0.4, -0.2) is 23.9 Å². The van der Waals surface area contributed by atoms with E-state index in [0.29, 0.717) is 13.2 Å². The molecule has 0 spiro atoms. The Balaban J connectivity index is 1.42. The number of halogens is 1. The molecular formula is C24H19FN2O3. The number of benzene rings is 3. The van der Waals surface area contributed by atoms with Gasteiger partial charge in [-0.1, -0.05) is 30.3 Å². The molecule has 6 heteroatoms. The molecule has 150 valence electrons. The van der Waals surface area contributed by atoms with Crippen LogP contribution in [0.2, 0.25) is 0 Å². The number of hydrogen-bond acceptors (Lipinski definition) is 5. The summed E-state index contributed by atoms with van der Waals surface area (Å²) in [6, 6.07) is 20.4. The fraction of sp³-hybridized carbons (Fsp3) is 0.208. The van der Waals surface area contributed by atoms with Crippen LogP contribution in [0.25, 0.3) is 0 Å². The summed E-state index contributed by atoms with van der Waals surface area (Å²) in [7, 11) is 0. The van der Waals surface area contributed by atoms with Gasteiger partial charge in [-0.3, -0.25) is 0 Å². The zero-order chi connectivity index (χ0) is 20.1. The summed E-state index contributed by atoms with van der Waals surface area (Å²) in [5, 5.41) is 6.87. The lowest BCUT2D eigenvalue weighted by Crippen LogP contribution is -2.33. The first-order valence-electron chi connectivity index (χ1n) is 10.0. The minimum atomic E-state index is -0.490. The molecule has 0 saturated heterocycles. The Kier molecular flexibility index (Phi) is 3.91. The Morgan fingerprint density at radius 3 is 2.63 bits per heavy atom. The average Bonchev–Trinajstić information content (AvgIpc) is 3.24. The van der Waals surface area contributed by atoms with Crippen LogP contribution in [0.4, 0.5) is 4.39 Å². The van der Waals surface area contributed by atoms with Gasteiger partial charge in [-0.15, -0.1) is 0 Å². The van der Waals surface area contributed by atoms with E-state index in [1.165, 1.54) is 12.1 Å². The normalized spacial score (nSPS) is 21.4. The maximum absolute atomic E-state index is 13.9. The third-order valence-corrected chi connectivity index (χ3v) is 5.71. The molecule has 2 atom stereocenters. The fourth-order valence-corrected chi connectivity index (χ4v) is 4.31. The summed E-state index contributed by atoms with van der Waals surface area (Å²) < 4.78 is 31.6. The maximum Gasteiger partial charge on any atom is 0.213 e. The average molecular weight is 402 g/mol. The van der Waals surface area contributed by atoms with Crippen LogP contribution in [0.1, 0.15) is 35.4 Å². The van der Waals surface area contributed by atoms with Crippen LogP contribution in [0.15, 0.2) is 71.8 Å². The molecule has 0 N–H and O–H groups in total. The number of hydrazone groups is 1. The van der Waals surface area contributed by atoms with Gasteiger partial charge in [0.2, 0.25) is 6.23 Å². The van der Waals surface area contributed by atoms with Crippen molar-refractivity contribution in [2.75, 3.05) is 13.2 Å². The van der Waals surface area contributed by atoms with Crippen LogP contribution in [0.5, 0.6) is 17.2 Å². The quantitative estimate of drug-likeness (QED) is 0.615. The lowest BCUT2D eigenvalue weighted by Gasteiger charge is -2.38. The van der Waals surface area contributed by atoms with Crippen LogP contribution < -0.4 is 14.2 Å². The zero-order valence-corrected chi connectivity index (χ0v) is 16.1. The van der Waals surface area contributed by atoms with E-state index in [4.69, 9.17) is 19.3 Å². The lowest BCUT2D eigenvalue weighted by atomic mass is 9.95. The third-order valence-electron chi connectivity index (χ3n) is 5.71. The van der Waals surface area contributed by atoms with E-state index in [1.807, 2.05) is 47.5 Å². The molecule has 6 rings (SSSR count). The predicted molar refractivity (Wildman–Crippen MR) is 109 cm³/mol. The highest BCUT2D eigenvalue weighted by atomic mass is 19.1. The van der Waals surface area contributed by atoms with Crippen molar-refractivity contribution >= 4 is 5.71 Å². The van der Waals surface area contributed by atoms with Gasteiger partial charge in [-0.2, -0.15) is 5.10 Å². The Morgan fingerprint density at radius 2 is 1.73 bits per heavy atom. The van der Waals surface area contributed by atoms with Crippen molar-refractivity contribution in [1.29, 1.82) is 0 Å².